The number of fused-ring (bicyclic) bond motifs is 2. The van der Waals surface area contributed by atoms with Crippen molar-refractivity contribution in [3.8, 4) is 22.8 Å². The summed E-state index contributed by atoms with van der Waals surface area (Å²) < 4.78 is 11.3. The molecule has 1 aromatic carbocycles. The fourth-order valence-electron chi connectivity index (χ4n) is 3.64. The maximum atomic E-state index is 11.0. The molecule has 2 aliphatic heterocycles. The Labute approximate surface area is 167 Å². The van der Waals surface area contributed by atoms with Crippen LogP contribution in [-0.2, 0) is 4.79 Å². The van der Waals surface area contributed by atoms with Gasteiger partial charge >= 0.3 is 0 Å². The molecular weight excluding hydrogens is 372 g/mol. The number of ether oxygens (including phenoxy) is 2. The standard InChI is InChI=1S/C20H20N6O3/c21-20-23-15-3-2-14(13-1-4-16-17(11-13)29-10-9-28-16)22-18(15)19(24-20)26-7-5-25(12-27)6-8-26/h1-4,11-12H,5-10H2,(H2,21,23,24). The van der Waals surface area contributed by atoms with Gasteiger partial charge in [-0.1, -0.05) is 0 Å². The number of amides is 1. The second kappa shape index (κ2) is 7.08. The summed E-state index contributed by atoms with van der Waals surface area (Å²) in [7, 11) is 0. The lowest BCUT2D eigenvalue weighted by Gasteiger charge is -2.33. The monoisotopic (exact) mass is 392 g/mol. The molecule has 5 rings (SSSR count). The molecule has 2 N–H and O–H groups in total. The summed E-state index contributed by atoms with van der Waals surface area (Å²) in [6, 6.07) is 9.60. The lowest BCUT2D eigenvalue weighted by atomic mass is 10.1. The van der Waals surface area contributed by atoms with E-state index in [1.807, 2.05) is 30.3 Å². The average Bonchev–Trinajstić information content (AvgIpc) is 2.78. The van der Waals surface area contributed by atoms with E-state index in [0.29, 0.717) is 56.2 Å². The van der Waals surface area contributed by atoms with E-state index in [0.717, 1.165) is 29.2 Å². The number of nitrogens with two attached hydrogens (primary N) is 1. The zero-order chi connectivity index (χ0) is 19.8. The van der Waals surface area contributed by atoms with Crippen LogP contribution in [0.1, 0.15) is 0 Å². The molecule has 1 fully saturated rings. The quantitative estimate of drug-likeness (QED) is 0.665. The molecule has 1 saturated heterocycles. The fraction of sp³-hybridized carbons (Fsp3) is 0.300. The van der Waals surface area contributed by atoms with Gasteiger partial charge in [0, 0.05) is 31.7 Å². The lowest BCUT2D eigenvalue weighted by Crippen LogP contribution is -2.46. The number of carbonyl (C=O) groups excluding carboxylic acids is 1. The number of nitrogen functional groups attached to an aromatic ring is 1. The molecule has 0 saturated carbocycles. The molecule has 0 aliphatic carbocycles. The predicted molar refractivity (Wildman–Crippen MR) is 108 cm³/mol. The second-order valence-corrected chi connectivity index (χ2v) is 6.96. The number of rotatable bonds is 3. The molecule has 2 aliphatic rings. The van der Waals surface area contributed by atoms with Gasteiger partial charge < -0.3 is 25.0 Å². The van der Waals surface area contributed by atoms with Crippen molar-refractivity contribution < 1.29 is 14.3 Å². The van der Waals surface area contributed by atoms with Crippen LogP contribution in [0.2, 0.25) is 0 Å². The molecule has 2 aromatic heterocycles. The molecule has 0 radical (unpaired) electrons. The number of piperazine rings is 1. The summed E-state index contributed by atoms with van der Waals surface area (Å²) in [4.78, 5) is 28.5. The molecule has 0 bridgehead atoms. The highest BCUT2D eigenvalue weighted by Gasteiger charge is 2.21. The van der Waals surface area contributed by atoms with Gasteiger partial charge in [-0.15, -0.1) is 0 Å². The van der Waals surface area contributed by atoms with Crippen LogP contribution in [0, 0.1) is 0 Å². The van der Waals surface area contributed by atoms with Crippen molar-refractivity contribution in [3.05, 3.63) is 30.3 Å². The van der Waals surface area contributed by atoms with E-state index in [1.165, 1.54) is 0 Å². The lowest BCUT2D eigenvalue weighted by molar-refractivity contribution is -0.118. The number of hydrogen-bond acceptors (Lipinski definition) is 8. The van der Waals surface area contributed by atoms with Gasteiger partial charge in [-0.2, -0.15) is 4.98 Å². The largest absolute Gasteiger partial charge is 0.486 e. The van der Waals surface area contributed by atoms with Crippen LogP contribution < -0.4 is 20.1 Å². The molecule has 4 heterocycles. The van der Waals surface area contributed by atoms with Gasteiger partial charge in [0.05, 0.1) is 11.2 Å². The first-order chi connectivity index (χ1) is 14.2. The maximum absolute atomic E-state index is 11.0. The number of carbonyl (C=O) groups is 1. The zero-order valence-corrected chi connectivity index (χ0v) is 15.7. The van der Waals surface area contributed by atoms with E-state index < -0.39 is 0 Å². The van der Waals surface area contributed by atoms with Crippen LogP contribution in [0.5, 0.6) is 11.5 Å². The summed E-state index contributed by atoms with van der Waals surface area (Å²) in [6.45, 7) is 3.69. The van der Waals surface area contributed by atoms with Crippen molar-refractivity contribution >= 4 is 29.2 Å². The predicted octanol–water partition coefficient (Wildman–Crippen LogP) is 1.32. The van der Waals surface area contributed by atoms with E-state index in [1.54, 1.807) is 4.90 Å². The van der Waals surface area contributed by atoms with Crippen LogP contribution in [-0.4, -0.2) is 65.7 Å². The normalized spacial score (nSPS) is 16.1. The summed E-state index contributed by atoms with van der Waals surface area (Å²) >= 11 is 0. The highest BCUT2D eigenvalue weighted by molar-refractivity contribution is 5.89. The first-order valence-corrected chi connectivity index (χ1v) is 9.50. The molecule has 9 nitrogen and oxygen atoms in total. The average molecular weight is 392 g/mol. The van der Waals surface area contributed by atoms with Crippen molar-refractivity contribution in [2.24, 2.45) is 0 Å². The molecule has 1 amide bonds. The summed E-state index contributed by atoms with van der Waals surface area (Å²) in [6.07, 6.45) is 0.877. The number of pyridine rings is 1. The number of hydrogen-bond donors (Lipinski definition) is 1. The van der Waals surface area contributed by atoms with Gasteiger partial charge in [-0.25, -0.2) is 9.97 Å². The van der Waals surface area contributed by atoms with Gasteiger partial charge in [0.15, 0.2) is 17.3 Å². The van der Waals surface area contributed by atoms with Crippen molar-refractivity contribution in [2.75, 3.05) is 50.0 Å². The molecule has 148 valence electrons. The Balaban J connectivity index is 1.56. The SMILES string of the molecule is Nc1nc(N2CCN(C=O)CC2)c2nc(-c3ccc4c(c3)OCCO4)ccc2n1. The maximum Gasteiger partial charge on any atom is 0.222 e. The van der Waals surface area contributed by atoms with Crippen molar-refractivity contribution in [1.29, 1.82) is 0 Å². The minimum Gasteiger partial charge on any atom is -0.486 e. The minimum absolute atomic E-state index is 0.208. The van der Waals surface area contributed by atoms with Crippen molar-refractivity contribution in [3.63, 3.8) is 0 Å². The van der Waals surface area contributed by atoms with Gasteiger partial charge in [-0.05, 0) is 30.3 Å². The third kappa shape index (κ3) is 3.24. The minimum atomic E-state index is 0.208. The van der Waals surface area contributed by atoms with E-state index in [9.17, 15) is 4.79 Å². The number of benzene rings is 1. The second-order valence-electron chi connectivity index (χ2n) is 6.96. The summed E-state index contributed by atoms with van der Waals surface area (Å²) in [5.74, 6) is 2.36. The summed E-state index contributed by atoms with van der Waals surface area (Å²) in [5, 5.41) is 0. The third-order valence-electron chi connectivity index (χ3n) is 5.14. The van der Waals surface area contributed by atoms with E-state index in [4.69, 9.17) is 20.2 Å². The van der Waals surface area contributed by atoms with Gasteiger partial charge in [0.2, 0.25) is 12.4 Å². The smallest absolute Gasteiger partial charge is 0.222 e. The van der Waals surface area contributed by atoms with E-state index in [-0.39, 0.29) is 5.95 Å². The van der Waals surface area contributed by atoms with E-state index in [2.05, 4.69) is 14.9 Å². The van der Waals surface area contributed by atoms with Gasteiger partial charge in [-0.3, -0.25) is 4.79 Å². The topological polar surface area (TPSA) is 107 Å². The van der Waals surface area contributed by atoms with Crippen molar-refractivity contribution in [2.45, 2.75) is 0 Å². The van der Waals surface area contributed by atoms with Crippen LogP contribution >= 0.6 is 0 Å². The molecular formula is C20H20N6O3. The molecule has 29 heavy (non-hydrogen) atoms. The van der Waals surface area contributed by atoms with Gasteiger partial charge in [0.25, 0.3) is 0 Å². The summed E-state index contributed by atoms with van der Waals surface area (Å²) in [5.41, 5.74) is 9.02. The van der Waals surface area contributed by atoms with E-state index >= 15 is 0 Å². The van der Waals surface area contributed by atoms with Crippen molar-refractivity contribution in [1.82, 2.24) is 19.9 Å². The van der Waals surface area contributed by atoms with Gasteiger partial charge in [0.1, 0.15) is 18.7 Å². The highest BCUT2D eigenvalue weighted by Crippen LogP contribution is 2.35. The number of nitrogens with zero attached hydrogens (tertiary/aromatic N) is 5. The molecule has 0 atom stereocenters. The zero-order valence-electron chi connectivity index (χ0n) is 15.7. The Morgan fingerprint density at radius 1 is 0.931 bits per heavy atom. The first kappa shape index (κ1) is 17.5. The van der Waals surface area contributed by atoms with Crippen LogP contribution in [0.15, 0.2) is 30.3 Å². The highest BCUT2D eigenvalue weighted by atomic mass is 16.6. The Morgan fingerprint density at radius 3 is 2.52 bits per heavy atom. The van der Waals surface area contributed by atoms with Crippen LogP contribution in [0.25, 0.3) is 22.3 Å². The Hall–Kier alpha value is -3.62. The molecule has 0 unspecified atom stereocenters. The fourth-order valence-corrected chi connectivity index (χ4v) is 3.64. The molecule has 9 heteroatoms. The number of aromatic nitrogens is 3. The molecule has 0 spiro atoms. The Morgan fingerprint density at radius 2 is 1.72 bits per heavy atom. The molecule has 3 aromatic rings. The number of anilines is 2. The van der Waals surface area contributed by atoms with Crippen LogP contribution in [0.3, 0.4) is 0 Å². The Kier molecular flexibility index (Phi) is 4.27. The Bertz CT molecular complexity index is 1080. The van der Waals surface area contributed by atoms with Crippen LogP contribution in [0.4, 0.5) is 11.8 Å². The third-order valence-corrected chi connectivity index (χ3v) is 5.14. The first-order valence-electron chi connectivity index (χ1n) is 9.50.